The molecule has 1 aliphatic carbocycles. The summed E-state index contributed by atoms with van der Waals surface area (Å²) in [5, 5.41) is 11.0. The summed E-state index contributed by atoms with van der Waals surface area (Å²) >= 11 is 0. The van der Waals surface area contributed by atoms with E-state index in [4.69, 9.17) is 4.99 Å². The second-order valence-corrected chi connectivity index (χ2v) is 9.84. The van der Waals surface area contributed by atoms with Gasteiger partial charge >= 0.3 is 0 Å². The van der Waals surface area contributed by atoms with Gasteiger partial charge in [-0.05, 0) is 37.1 Å². The monoisotopic (exact) mass is 514 g/mol. The number of fused-ring (bicyclic) bond motifs is 2. The van der Waals surface area contributed by atoms with Crippen LogP contribution in [0.5, 0.6) is 0 Å². The summed E-state index contributed by atoms with van der Waals surface area (Å²) in [7, 11) is 0. The number of aliphatic imine (C=N–C) groups is 3. The summed E-state index contributed by atoms with van der Waals surface area (Å²) < 4.78 is 13.8. The predicted molar refractivity (Wildman–Crippen MR) is 149 cm³/mol. The summed E-state index contributed by atoms with van der Waals surface area (Å²) in [4.78, 5) is 29.3. The topological polar surface area (TPSA) is 115 Å². The number of hydrazone groups is 1. The van der Waals surface area contributed by atoms with Crippen LogP contribution >= 0.6 is 0 Å². The largest absolute Gasteiger partial charge is 0.358 e. The number of carbonyl (C=O) groups is 1. The van der Waals surface area contributed by atoms with Crippen molar-refractivity contribution in [2.45, 2.75) is 58.3 Å². The fourth-order valence-electron chi connectivity index (χ4n) is 4.87. The molecule has 5 atom stereocenters. The average Bonchev–Trinajstić information content (AvgIpc) is 3.52. The van der Waals surface area contributed by atoms with E-state index in [0.717, 1.165) is 28.0 Å². The molecule has 1 amide bonds. The van der Waals surface area contributed by atoms with Gasteiger partial charge in [-0.3, -0.25) is 24.8 Å². The number of hydrogen-bond donors (Lipinski definition) is 3. The number of allylic oxidation sites excluding steroid dienone is 3. The van der Waals surface area contributed by atoms with Crippen LogP contribution in [0.25, 0.3) is 5.57 Å². The zero-order valence-electron chi connectivity index (χ0n) is 21.8. The summed E-state index contributed by atoms with van der Waals surface area (Å²) in [6, 6.07) is 0.936. The van der Waals surface area contributed by atoms with E-state index in [0.29, 0.717) is 17.8 Å². The van der Waals surface area contributed by atoms with Gasteiger partial charge in [0.25, 0.3) is 0 Å². The second-order valence-electron chi connectivity index (χ2n) is 9.84. The number of amidine groups is 1. The normalized spacial score (nSPS) is 26.8. The molecule has 9 nitrogen and oxygen atoms in total. The number of nitrogens with one attached hydrogen (secondary N) is 3. The highest BCUT2D eigenvalue weighted by Gasteiger charge is 2.40. The van der Waals surface area contributed by atoms with Gasteiger partial charge in [0, 0.05) is 60.1 Å². The molecule has 38 heavy (non-hydrogen) atoms. The van der Waals surface area contributed by atoms with Crippen molar-refractivity contribution in [3.8, 4) is 0 Å². The Morgan fingerprint density at radius 3 is 2.95 bits per heavy atom. The molecular formula is C28H31FN8O. The van der Waals surface area contributed by atoms with E-state index in [9.17, 15) is 9.18 Å². The Labute approximate surface area is 221 Å². The molecule has 0 fully saturated rings. The first kappa shape index (κ1) is 25.4. The van der Waals surface area contributed by atoms with E-state index in [2.05, 4.69) is 55.2 Å². The van der Waals surface area contributed by atoms with Gasteiger partial charge in [0.05, 0.1) is 24.3 Å². The number of carbonyl (C=O) groups excluding carboxylic acids is 1. The molecule has 1 aromatic heterocycles. The molecule has 1 aromatic rings. The van der Waals surface area contributed by atoms with Crippen molar-refractivity contribution in [1.82, 2.24) is 21.0 Å². The quantitative estimate of drug-likeness (QED) is 0.485. The minimum atomic E-state index is -0.398. The first-order chi connectivity index (χ1) is 18.3. The number of nitrogens with zero attached hydrogens (tertiary/aromatic N) is 5. The molecule has 0 saturated heterocycles. The zero-order chi connectivity index (χ0) is 26.8. The molecule has 4 unspecified atom stereocenters. The number of hydrogen-bond acceptors (Lipinski definition) is 8. The Balaban J connectivity index is 1.36. The van der Waals surface area contributed by atoms with Gasteiger partial charge in [0.15, 0.2) is 5.84 Å². The van der Waals surface area contributed by atoms with Crippen molar-refractivity contribution >= 4 is 35.5 Å². The fourth-order valence-corrected chi connectivity index (χ4v) is 4.87. The maximum Gasteiger partial charge on any atom is 0.220 e. The van der Waals surface area contributed by atoms with Crippen LogP contribution in [0.15, 0.2) is 79.8 Å². The first-order valence-corrected chi connectivity index (χ1v) is 12.8. The van der Waals surface area contributed by atoms with Gasteiger partial charge in [-0.25, -0.2) is 4.39 Å². The van der Waals surface area contributed by atoms with Crippen LogP contribution in [0.4, 0.5) is 4.39 Å². The minimum absolute atomic E-state index is 0.00504. The average molecular weight is 515 g/mol. The molecule has 4 aliphatic rings. The first-order valence-electron chi connectivity index (χ1n) is 12.8. The molecule has 3 N–H and O–H groups in total. The molecule has 3 aliphatic heterocycles. The number of aromatic nitrogens is 1. The van der Waals surface area contributed by atoms with Crippen LogP contribution in [0.3, 0.4) is 0 Å². The van der Waals surface area contributed by atoms with Crippen LogP contribution in [-0.4, -0.2) is 59.0 Å². The van der Waals surface area contributed by atoms with Gasteiger partial charge in [-0.15, -0.1) is 0 Å². The third kappa shape index (κ3) is 5.11. The summed E-state index contributed by atoms with van der Waals surface area (Å²) in [6.45, 7) is 7.88. The molecule has 0 saturated carbocycles. The highest BCUT2D eigenvalue weighted by atomic mass is 19.1. The lowest BCUT2D eigenvalue weighted by molar-refractivity contribution is -0.120. The van der Waals surface area contributed by atoms with E-state index < -0.39 is 5.82 Å². The van der Waals surface area contributed by atoms with Gasteiger partial charge in [0.1, 0.15) is 17.6 Å². The molecular weight excluding hydrogens is 483 g/mol. The van der Waals surface area contributed by atoms with Crippen LogP contribution in [0.1, 0.15) is 39.7 Å². The Bertz CT molecular complexity index is 1380. The standard InChI is InChI=1S/C28H31FN8O/c1-5-24(38)33-17(4)10-30-9-16(3)18-6-15(2)25-21(8-18)27(37-36-25)28-34-23-14-32-13-22(26(23)35-28)19-7-20(29)12-31-11-19/h6-15,17,23,25-26,36H,5H2,1-4H3,(H,33,38)(H,34,35)/b16-9+,30-10?/t15?,17-,23?,25?,26?/m0/s1. The van der Waals surface area contributed by atoms with Gasteiger partial charge in [-0.1, -0.05) is 19.9 Å². The predicted octanol–water partition coefficient (Wildman–Crippen LogP) is 3.10. The fraction of sp³-hybridized carbons (Fsp3) is 0.357. The zero-order valence-corrected chi connectivity index (χ0v) is 21.8. The van der Waals surface area contributed by atoms with Gasteiger partial charge < -0.3 is 16.1 Å². The lowest BCUT2D eigenvalue weighted by Crippen LogP contribution is -2.41. The molecule has 0 radical (unpaired) electrons. The van der Waals surface area contributed by atoms with E-state index in [-0.39, 0.29) is 36.0 Å². The molecule has 0 spiro atoms. The maximum atomic E-state index is 13.8. The van der Waals surface area contributed by atoms with Gasteiger partial charge in [-0.2, -0.15) is 5.10 Å². The molecule has 5 rings (SSSR count). The second kappa shape index (κ2) is 10.6. The van der Waals surface area contributed by atoms with Crippen molar-refractivity contribution in [2.75, 3.05) is 0 Å². The van der Waals surface area contributed by atoms with Crippen molar-refractivity contribution in [3.05, 3.63) is 71.1 Å². The van der Waals surface area contributed by atoms with Crippen LogP contribution in [-0.2, 0) is 4.79 Å². The van der Waals surface area contributed by atoms with Crippen molar-refractivity contribution in [1.29, 1.82) is 0 Å². The maximum absolute atomic E-state index is 13.8. The molecule has 10 heteroatoms. The number of halogens is 1. The summed E-state index contributed by atoms with van der Waals surface area (Å²) in [6.07, 6.45) is 14.7. The summed E-state index contributed by atoms with van der Waals surface area (Å²) in [5.74, 6) is 0.472. The molecule has 196 valence electrons. The van der Waals surface area contributed by atoms with Crippen LogP contribution < -0.4 is 16.1 Å². The van der Waals surface area contributed by atoms with Crippen LogP contribution in [0.2, 0.25) is 0 Å². The van der Waals surface area contributed by atoms with E-state index >= 15 is 0 Å². The number of pyridine rings is 1. The highest BCUT2D eigenvalue weighted by molar-refractivity contribution is 6.49. The molecule has 4 heterocycles. The highest BCUT2D eigenvalue weighted by Crippen LogP contribution is 2.33. The van der Waals surface area contributed by atoms with E-state index in [1.54, 1.807) is 18.6 Å². The lowest BCUT2D eigenvalue weighted by Gasteiger charge is -2.24. The summed E-state index contributed by atoms with van der Waals surface area (Å²) in [5.41, 5.74) is 8.61. The van der Waals surface area contributed by atoms with E-state index in [1.807, 2.05) is 33.2 Å². The molecule has 0 bridgehead atoms. The number of rotatable bonds is 7. The SMILES string of the molecule is CCC(=O)N[C@@H](C)C=N/C=C(\C)C1=CC(C)C2NN=C(C3=NC4C(c5cncc(F)c5)=CN=CC4N3)C2=C1. The van der Waals surface area contributed by atoms with Crippen LogP contribution in [0, 0.1) is 11.7 Å². The Morgan fingerprint density at radius 1 is 1.32 bits per heavy atom. The Hall–Kier alpha value is -4.21. The Morgan fingerprint density at radius 2 is 2.16 bits per heavy atom. The minimum Gasteiger partial charge on any atom is -0.358 e. The smallest absolute Gasteiger partial charge is 0.220 e. The lowest BCUT2D eigenvalue weighted by atomic mass is 9.83. The van der Waals surface area contributed by atoms with Crippen molar-refractivity contribution in [2.24, 2.45) is 26.0 Å². The third-order valence-electron chi connectivity index (χ3n) is 6.90. The third-order valence-corrected chi connectivity index (χ3v) is 6.90. The number of amides is 1. The van der Waals surface area contributed by atoms with E-state index in [1.165, 1.54) is 12.3 Å². The van der Waals surface area contributed by atoms with Gasteiger partial charge in [0.2, 0.25) is 5.91 Å². The van der Waals surface area contributed by atoms with Crippen molar-refractivity contribution in [3.63, 3.8) is 0 Å². The molecule has 0 aromatic carbocycles. The Kier molecular flexibility index (Phi) is 7.13. The van der Waals surface area contributed by atoms with Crippen molar-refractivity contribution < 1.29 is 9.18 Å².